The van der Waals surface area contributed by atoms with Gasteiger partial charge in [0.2, 0.25) is 0 Å². The SMILES string of the molecule is Cl.O=C(NCC1C2CNCC21)c1ccc(F)c(C(F)(F)F)c1. The summed E-state index contributed by atoms with van der Waals surface area (Å²) < 4.78 is 50.9. The van der Waals surface area contributed by atoms with Crippen LogP contribution in [0.25, 0.3) is 0 Å². The van der Waals surface area contributed by atoms with Gasteiger partial charge in [0.05, 0.1) is 5.56 Å². The largest absolute Gasteiger partial charge is 0.419 e. The van der Waals surface area contributed by atoms with Crippen molar-refractivity contribution < 1.29 is 22.4 Å². The Morgan fingerprint density at radius 1 is 1.27 bits per heavy atom. The first-order chi connectivity index (χ1) is 9.88. The highest BCUT2D eigenvalue weighted by atomic mass is 35.5. The summed E-state index contributed by atoms with van der Waals surface area (Å²) >= 11 is 0. The fourth-order valence-electron chi connectivity index (χ4n) is 3.05. The topological polar surface area (TPSA) is 41.1 Å². The number of hydrogen-bond acceptors (Lipinski definition) is 2. The molecule has 3 nitrogen and oxygen atoms in total. The van der Waals surface area contributed by atoms with Crippen LogP contribution < -0.4 is 10.6 Å². The molecule has 0 bridgehead atoms. The van der Waals surface area contributed by atoms with E-state index in [1.54, 1.807) is 0 Å². The number of nitrogens with one attached hydrogen (secondary N) is 2. The molecule has 2 aliphatic rings. The van der Waals surface area contributed by atoms with Gasteiger partial charge < -0.3 is 10.6 Å². The van der Waals surface area contributed by atoms with E-state index in [2.05, 4.69) is 10.6 Å². The molecule has 8 heteroatoms. The van der Waals surface area contributed by atoms with E-state index in [0.717, 1.165) is 19.2 Å². The van der Waals surface area contributed by atoms with E-state index in [1.165, 1.54) is 0 Å². The molecule has 3 rings (SSSR count). The number of fused-ring (bicyclic) bond motifs is 1. The first kappa shape index (κ1) is 17.0. The number of alkyl halides is 3. The predicted molar refractivity (Wildman–Crippen MR) is 74.3 cm³/mol. The molecule has 1 amide bonds. The lowest BCUT2D eigenvalue weighted by Gasteiger charge is -2.11. The Balaban J connectivity index is 0.00000176. The van der Waals surface area contributed by atoms with Crippen molar-refractivity contribution >= 4 is 18.3 Å². The second-order valence-corrected chi connectivity index (χ2v) is 5.55. The van der Waals surface area contributed by atoms with Gasteiger partial charge in [-0.3, -0.25) is 4.79 Å². The van der Waals surface area contributed by atoms with Crippen molar-refractivity contribution in [2.75, 3.05) is 19.6 Å². The lowest BCUT2D eigenvalue weighted by atomic mass is 10.1. The molecule has 2 fully saturated rings. The third kappa shape index (κ3) is 3.20. The van der Waals surface area contributed by atoms with E-state index in [9.17, 15) is 22.4 Å². The van der Waals surface area contributed by atoms with Gasteiger partial charge in [-0.1, -0.05) is 0 Å². The Morgan fingerprint density at radius 2 is 1.91 bits per heavy atom. The zero-order valence-electron chi connectivity index (χ0n) is 11.4. The Hall–Kier alpha value is -1.34. The number of halogens is 5. The van der Waals surface area contributed by atoms with E-state index in [1.807, 2.05) is 0 Å². The second-order valence-electron chi connectivity index (χ2n) is 5.55. The number of amides is 1. The van der Waals surface area contributed by atoms with Gasteiger partial charge in [0.1, 0.15) is 5.82 Å². The van der Waals surface area contributed by atoms with Crippen LogP contribution in [0.1, 0.15) is 15.9 Å². The fourth-order valence-corrected chi connectivity index (χ4v) is 3.05. The van der Waals surface area contributed by atoms with E-state index >= 15 is 0 Å². The van der Waals surface area contributed by atoms with Gasteiger partial charge >= 0.3 is 6.18 Å². The number of hydrogen-bond donors (Lipinski definition) is 2. The molecule has 1 aliphatic heterocycles. The van der Waals surface area contributed by atoms with Crippen molar-refractivity contribution in [3.63, 3.8) is 0 Å². The van der Waals surface area contributed by atoms with E-state index in [-0.39, 0.29) is 18.0 Å². The number of benzene rings is 1. The summed E-state index contributed by atoms with van der Waals surface area (Å²) in [7, 11) is 0. The molecule has 2 N–H and O–H groups in total. The molecular weight excluding hydrogens is 324 g/mol. The standard InChI is InChI=1S/C14H14F4N2O.ClH/c15-12-2-1-7(3-11(12)14(16,17)18)13(21)20-6-10-8-4-19-5-9(8)10;/h1-3,8-10,19H,4-6H2,(H,20,21);1H. The van der Waals surface area contributed by atoms with Crippen molar-refractivity contribution in [1.29, 1.82) is 0 Å². The van der Waals surface area contributed by atoms with Crippen LogP contribution in [0.4, 0.5) is 17.6 Å². The number of carbonyl (C=O) groups is 1. The van der Waals surface area contributed by atoms with Crippen molar-refractivity contribution in [3.8, 4) is 0 Å². The smallest absolute Gasteiger partial charge is 0.352 e. The number of rotatable bonds is 3. The van der Waals surface area contributed by atoms with E-state index < -0.39 is 23.5 Å². The van der Waals surface area contributed by atoms with Crippen LogP contribution in [-0.2, 0) is 6.18 Å². The average molecular weight is 339 g/mol. The molecule has 2 atom stereocenters. The maximum absolute atomic E-state index is 13.2. The Morgan fingerprint density at radius 3 is 2.50 bits per heavy atom. The molecule has 1 saturated heterocycles. The minimum atomic E-state index is -4.81. The Labute approximate surface area is 130 Å². The highest BCUT2D eigenvalue weighted by Gasteiger charge is 2.52. The van der Waals surface area contributed by atoms with Crippen LogP contribution >= 0.6 is 12.4 Å². The van der Waals surface area contributed by atoms with Gasteiger partial charge in [-0.05, 0) is 49.0 Å². The molecule has 1 saturated carbocycles. The van der Waals surface area contributed by atoms with Crippen LogP contribution in [0.3, 0.4) is 0 Å². The molecule has 0 aromatic heterocycles. The molecule has 0 spiro atoms. The summed E-state index contributed by atoms with van der Waals surface area (Å²) in [5, 5.41) is 5.85. The van der Waals surface area contributed by atoms with Crippen LogP contribution in [0, 0.1) is 23.6 Å². The zero-order valence-corrected chi connectivity index (χ0v) is 12.2. The third-order valence-corrected chi connectivity index (χ3v) is 4.30. The first-order valence-corrected chi connectivity index (χ1v) is 6.73. The lowest BCUT2D eigenvalue weighted by Crippen LogP contribution is -2.29. The average Bonchev–Trinajstić information content (AvgIpc) is 2.84. The molecular formula is C14H15ClF4N2O. The first-order valence-electron chi connectivity index (χ1n) is 6.73. The van der Waals surface area contributed by atoms with Crippen LogP contribution in [0.2, 0.25) is 0 Å². The summed E-state index contributed by atoms with van der Waals surface area (Å²) in [4.78, 5) is 11.9. The number of piperidine rings is 1. The molecule has 22 heavy (non-hydrogen) atoms. The molecule has 1 aliphatic carbocycles. The molecule has 1 heterocycles. The van der Waals surface area contributed by atoms with Crippen molar-refractivity contribution in [2.45, 2.75) is 6.18 Å². The molecule has 1 aromatic carbocycles. The summed E-state index contributed by atoms with van der Waals surface area (Å²) in [5.41, 5.74) is -1.59. The highest BCUT2D eigenvalue weighted by Crippen LogP contribution is 2.48. The van der Waals surface area contributed by atoms with Crippen LogP contribution in [-0.4, -0.2) is 25.5 Å². The molecule has 0 radical (unpaired) electrons. The molecule has 1 aromatic rings. The van der Waals surface area contributed by atoms with Gasteiger partial charge in [0.25, 0.3) is 5.91 Å². The quantitative estimate of drug-likeness (QED) is 0.831. The van der Waals surface area contributed by atoms with Crippen molar-refractivity contribution in [2.24, 2.45) is 17.8 Å². The maximum atomic E-state index is 13.2. The highest BCUT2D eigenvalue weighted by molar-refractivity contribution is 5.94. The Bertz CT molecular complexity index is 568. The lowest BCUT2D eigenvalue weighted by molar-refractivity contribution is -0.140. The minimum absolute atomic E-state index is 0. The summed E-state index contributed by atoms with van der Waals surface area (Å²) in [5.74, 6) is -0.452. The molecule has 2 unspecified atom stereocenters. The fraction of sp³-hybridized carbons (Fsp3) is 0.500. The van der Waals surface area contributed by atoms with E-state index in [4.69, 9.17) is 0 Å². The molecule has 122 valence electrons. The zero-order chi connectivity index (χ0) is 15.2. The normalized spacial score (nSPS) is 26.1. The van der Waals surface area contributed by atoms with E-state index in [0.29, 0.717) is 36.4 Å². The Kier molecular flexibility index (Phi) is 4.67. The maximum Gasteiger partial charge on any atom is 0.419 e. The van der Waals surface area contributed by atoms with Crippen LogP contribution in [0.5, 0.6) is 0 Å². The summed E-state index contributed by atoms with van der Waals surface area (Å²) in [6, 6.07) is 2.29. The summed E-state index contributed by atoms with van der Waals surface area (Å²) in [6.45, 7) is 2.31. The van der Waals surface area contributed by atoms with Gasteiger partial charge in [0.15, 0.2) is 0 Å². The van der Waals surface area contributed by atoms with Gasteiger partial charge in [-0.25, -0.2) is 4.39 Å². The van der Waals surface area contributed by atoms with Gasteiger partial charge in [-0.15, -0.1) is 12.4 Å². The van der Waals surface area contributed by atoms with Gasteiger partial charge in [-0.2, -0.15) is 13.2 Å². The minimum Gasteiger partial charge on any atom is -0.352 e. The summed E-state index contributed by atoms with van der Waals surface area (Å²) in [6.07, 6.45) is -4.81. The second kappa shape index (κ2) is 6.04. The van der Waals surface area contributed by atoms with Crippen LogP contribution in [0.15, 0.2) is 18.2 Å². The van der Waals surface area contributed by atoms with Gasteiger partial charge in [0, 0.05) is 12.1 Å². The number of carbonyl (C=O) groups excluding carboxylic acids is 1. The monoisotopic (exact) mass is 338 g/mol. The third-order valence-electron chi connectivity index (χ3n) is 4.30. The van der Waals surface area contributed by atoms with Crippen molar-refractivity contribution in [3.05, 3.63) is 35.1 Å². The predicted octanol–water partition coefficient (Wildman–Crippen LogP) is 2.46. The van der Waals surface area contributed by atoms with Crippen molar-refractivity contribution in [1.82, 2.24) is 10.6 Å².